The Hall–Kier alpha value is -1.09. The minimum absolute atomic E-state index is 0.483. The lowest BCUT2D eigenvalue weighted by Gasteiger charge is -2.25. The van der Waals surface area contributed by atoms with E-state index in [4.69, 9.17) is 23.2 Å². The van der Waals surface area contributed by atoms with Gasteiger partial charge in [-0.2, -0.15) is 0 Å². The van der Waals surface area contributed by atoms with Crippen LogP contribution in [0.2, 0.25) is 10.0 Å². The van der Waals surface area contributed by atoms with Gasteiger partial charge in [0.2, 0.25) is 0 Å². The molecule has 17 heavy (non-hydrogen) atoms. The van der Waals surface area contributed by atoms with E-state index in [0.29, 0.717) is 15.6 Å². The molecular formula is C13H11Cl2NO. The summed E-state index contributed by atoms with van der Waals surface area (Å²) in [7, 11) is 0. The molecule has 0 radical (unpaired) electrons. The molecule has 0 bridgehead atoms. The third kappa shape index (κ3) is 2.44. The Labute approximate surface area is 110 Å². The fourth-order valence-corrected chi connectivity index (χ4v) is 2.18. The fraction of sp³-hybridized carbons (Fsp3) is 0.154. The maximum atomic E-state index is 10.6. The molecule has 88 valence electrons. The average Bonchev–Trinajstić information content (AvgIpc) is 2.33. The lowest BCUT2D eigenvalue weighted by molar-refractivity contribution is 0.102. The average molecular weight is 268 g/mol. The Morgan fingerprint density at radius 3 is 2.41 bits per heavy atom. The Morgan fingerprint density at radius 1 is 1.12 bits per heavy atom. The third-order valence-corrected chi connectivity index (χ3v) is 3.26. The predicted octanol–water partition coefficient (Wildman–Crippen LogP) is 3.64. The van der Waals surface area contributed by atoms with E-state index in [-0.39, 0.29) is 0 Å². The normalized spacial score (nSPS) is 14.4. The largest absolute Gasteiger partial charge is 0.381 e. The first kappa shape index (κ1) is 12.4. The van der Waals surface area contributed by atoms with Gasteiger partial charge in [-0.1, -0.05) is 23.2 Å². The van der Waals surface area contributed by atoms with E-state index in [0.717, 1.165) is 5.56 Å². The summed E-state index contributed by atoms with van der Waals surface area (Å²) >= 11 is 12.0. The molecule has 0 fully saturated rings. The van der Waals surface area contributed by atoms with Gasteiger partial charge in [0.05, 0.1) is 0 Å². The number of hydrogen-bond acceptors (Lipinski definition) is 2. The molecule has 2 nitrogen and oxygen atoms in total. The van der Waals surface area contributed by atoms with Gasteiger partial charge in [-0.15, -0.1) is 0 Å². The zero-order valence-corrected chi connectivity index (χ0v) is 10.7. The van der Waals surface area contributed by atoms with Gasteiger partial charge in [-0.05, 0) is 42.8 Å². The van der Waals surface area contributed by atoms with Crippen LogP contribution in [-0.4, -0.2) is 10.1 Å². The fourth-order valence-electron chi connectivity index (χ4n) is 1.70. The first-order valence-electron chi connectivity index (χ1n) is 5.10. The first-order valence-corrected chi connectivity index (χ1v) is 5.86. The number of rotatable bonds is 2. The van der Waals surface area contributed by atoms with Crippen molar-refractivity contribution in [3.8, 4) is 0 Å². The minimum atomic E-state index is -1.19. The molecule has 0 aliphatic rings. The van der Waals surface area contributed by atoms with Crippen LogP contribution < -0.4 is 0 Å². The van der Waals surface area contributed by atoms with Crippen LogP contribution in [0.25, 0.3) is 0 Å². The van der Waals surface area contributed by atoms with Crippen molar-refractivity contribution in [1.82, 2.24) is 4.98 Å². The molecule has 0 amide bonds. The van der Waals surface area contributed by atoms with Crippen LogP contribution in [0.3, 0.4) is 0 Å². The van der Waals surface area contributed by atoms with E-state index in [1.807, 2.05) is 0 Å². The van der Waals surface area contributed by atoms with Crippen LogP contribution in [0.4, 0.5) is 0 Å². The van der Waals surface area contributed by atoms with Gasteiger partial charge in [0.25, 0.3) is 0 Å². The smallest absolute Gasteiger partial charge is 0.113 e. The van der Waals surface area contributed by atoms with Gasteiger partial charge in [-0.3, -0.25) is 4.98 Å². The highest BCUT2D eigenvalue weighted by Crippen LogP contribution is 2.35. The van der Waals surface area contributed by atoms with Crippen LogP contribution in [0.5, 0.6) is 0 Å². The molecule has 1 N–H and O–H groups in total. The highest BCUT2D eigenvalue weighted by molar-refractivity contribution is 6.33. The number of hydrogen-bond donors (Lipinski definition) is 1. The quantitative estimate of drug-likeness (QED) is 0.901. The van der Waals surface area contributed by atoms with Crippen LogP contribution in [0.15, 0.2) is 42.7 Å². The highest BCUT2D eigenvalue weighted by atomic mass is 35.5. The van der Waals surface area contributed by atoms with Crippen molar-refractivity contribution in [2.24, 2.45) is 0 Å². The number of nitrogens with zero attached hydrogens (tertiary/aromatic N) is 1. The number of aliphatic hydroxyl groups is 1. The zero-order chi connectivity index (χ0) is 12.5. The molecule has 2 aromatic rings. The van der Waals surface area contributed by atoms with Crippen molar-refractivity contribution in [2.45, 2.75) is 12.5 Å². The second-order valence-corrected chi connectivity index (χ2v) is 4.78. The SMILES string of the molecule is CC(O)(c1ccncc1)c1cc(Cl)ccc1Cl. The molecule has 0 aliphatic heterocycles. The van der Waals surface area contributed by atoms with E-state index >= 15 is 0 Å². The molecule has 1 aromatic heterocycles. The summed E-state index contributed by atoms with van der Waals surface area (Å²) in [5, 5.41) is 11.6. The van der Waals surface area contributed by atoms with Crippen molar-refractivity contribution >= 4 is 23.2 Å². The van der Waals surface area contributed by atoms with E-state index in [2.05, 4.69) is 4.98 Å². The van der Waals surface area contributed by atoms with Crippen molar-refractivity contribution in [1.29, 1.82) is 0 Å². The maximum Gasteiger partial charge on any atom is 0.113 e. The molecule has 0 saturated carbocycles. The molecule has 0 aliphatic carbocycles. The summed E-state index contributed by atoms with van der Waals surface area (Å²) in [6.07, 6.45) is 3.25. The molecule has 0 spiro atoms. The second-order valence-electron chi connectivity index (χ2n) is 3.93. The van der Waals surface area contributed by atoms with Crippen LogP contribution in [0.1, 0.15) is 18.1 Å². The zero-order valence-electron chi connectivity index (χ0n) is 9.19. The molecule has 1 aromatic carbocycles. The molecular weight excluding hydrogens is 257 g/mol. The lowest BCUT2D eigenvalue weighted by atomic mass is 9.89. The van der Waals surface area contributed by atoms with Gasteiger partial charge in [0.1, 0.15) is 5.60 Å². The summed E-state index contributed by atoms with van der Waals surface area (Å²) in [5.41, 5.74) is 0.111. The van der Waals surface area contributed by atoms with E-state index in [9.17, 15) is 5.11 Å². The first-order chi connectivity index (χ1) is 8.01. The Morgan fingerprint density at radius 2 is 1.76 bits per heavy atom. The van der Waals surface area contributed by atoms with Gasteiger partial charge >= 0.3 is 0 Å². The van der Waals surface area contributed by atoms with Crippen LogP contribution in [-0.2, 0) is 5.60 Å². The van der Waals surface area contributed by atoms with Crippen molar-refractivity contribution in [3.05, 3.63) is 63.9 Å². The summed E-state index contributed by atoms with van der Waals surface area (Å²) in [5.74, 6) is 0. The predicted molar refractivity (Wildman–Crippen MR) is 69.4 cm³/mol. The van der Waals surface area contributed by atoms with E-state index in [1.54, 1.807) is 49.6 Å². The number of pyridine rings is 1. The summed E-state index contributed by atoms with van der Waals surface area (Å²) < 4.78 is 0. The van der Waals surface area contributed by atoms with Gasteiger partial charge in [-0.25, -0.2) is 0 Å². The van der Waals surface area contributed by atoms with Gasteiger partial charge in [0, 0.05) is 28.0 Å². The Balaban J connectivity index is 2.55. The van der Waals surface area contributed by atoms with Gasteiger partial charge < -0.3 is 5.11 Å². The molecule has 4 heteroatoms. The Kier molecular flexibility index (Phi) is 3.38. The number of aromatic nitrogens is 1. The summed E-state index contributed by atoms with van der Waals surface area (Å²) in [6, 6.07) is 8.53. The molecule has 0 saturated heterocycles. The van der Waals surface area contributed by atoms with Crippen molar-refractivity contribution < 1.29 is 5.11 Å². The molecule has 1 unspecified atom stereocenters. The molecule has 1 heterocycles. The molecule has 2 rings (SSSR count). The van der Waals surface area contributed by atoms with Crippen molar-refractivity contribution in [2.75, 3.05) is 0 Å². The highest BCUT2D eigenvalue weighted by Gasteiger charge is 2.28. The second kappa shape index (κ2) is 4.65. The summed E-state index contributed by atoms with van der Waals surface area (Å²) in [6.45, 7) is 1.68. The van der Waals surface area contributed by atoms with Crippen molar-refractivity contribution in [3.63, 3.8) is 0 Å². The van der Waals surface area contributed by atoms with E-state index < -0.39 is 5.60 Å². The maximum absolute atomic E-state index is 10.6. The number of halogens is 2. The lowest BCUT2D eigenvalue weighted by Crippen LogP contribution is -2.23. The number of benzene rings is 1. The topological polar surface area (TPSA) is 33.1 Å². The van der Waals surface area contributed by atoms with Gasteiger partial charge in [0.15, 0.2) is 0 Å². The standard InChI is InChI=1S/C13H11Cl2NO/c1-13(17,9-4-6-16-7-5-9)11-8-10(14)2-3-12(11)15/h2-8,17H,1H3. The monoisotopic (exact) mass is 267 g/mol. The van der Waals surface area contributed by atoms with E-state index in [1.165, 1.54) is 0 Å². The minimum Gasteiger partial charge on any atom is -0.381 e. The molecule has 1 atom stereocenters. The Bertz CT molecular complexity index is 526. The van der Waals surface area contributed by atoms with Crippen LogP contribution >= 0.6 is 23.2 Å². The third-order valence-electron chi connectivity index (χ3n) is 2.70. The van der Waals surface area contributed by atoms with Crippen LogP contribution in [0, 0.1) is 0 Å². The summed E-state index contributed by atoms with van der Waals surface area (Å²) in [4.78, 5) is 3.92.